The van der Waals surface area contributed by atoms with E-state index in [0.717, 1.165) is 25.9 Å². The molecule has 170 valence electrons. The van der Waals surface area contributed by atoms with Crippen molar-refractivity contribution < 1.29 is 24.1 Å². The lowest BCUT2D eigenvalue weighted by Gasteiger charge is -2.32. The largest absolute Gasteiger partial charge is 0.491 e. The van der Waals surface area contributed by atoms with Gasteiger partial charge in [0.05, 0.1) is 31.4 Å². The molecule has 32 heavy (non-hydrogen) atoms. The second kappa shape index (κ2) is 9.48. The number of amides is 1. The quantitative estimate of drug-likeness (QED) is 0.745. The minimum Gasteiger partial charge on any atom is -0.491 e. The highest BCUT2D eigenvalue weighted by atomic mass is 16.5. The standard InChI is InChI=1S/C25H30N2O5/c28-20(15-26-9-7-18-3-1-2-4-19(18)14-26)16-27-10-12-31-24-13-21(5-6-23(24)25(27)29)32-22-8-11-30-17-22/h1-6,13,20,22,28H,7-12,14-17H2/t20?,22-/m0/s1. The molecule has 0 aromatic heterocycles. The summed E-state index contributed by atoms with van der Waals surface area (Å²) in [5.41, 5.74) is 3.22. The Labute approximate surface area is 188 Å². The number of rotatable bonds is 6. The average molecular weight is 439 g/mol. The Kier molecular flexibility index (Phi) is 6.30. The zero-order valence-corrected chi connectivity index (χ0v) is 18.2. The number of ether oxygens (including phenoxy) is 3. The lowest BCUT2D eigenvalue weighted by molar-refractivity contribution is 0.0501. The Morgan fingerprint density at radius 3 is 2.81 bits per heavy atom. The second-order valence-electron chi connectivity index (χ2n) is 8.77. The number of fused-ring (bicyclic) bond motifs is 2. The predicted octanol–water partition coefficient (Wildman–Crippen LogP) is 2.11. The number of aliphatic hydroxyl groups excluding tert-OH is 1. The van der Waals surface area contributed by atoms with Gasteiger partial charge in [0.25, 0.3) is 5.91 Å². The van der Waals surface area contributed by atoms with Crippen LogP contribution >= 0.6 is 0 Å². The molecule has 2 atom stereocenters. The zero-order chi connectivity index (χ0) is 21.9. The fraction of sp³-hybridized carbons (Fsp3) is 0.480. The van der Waals surface area contributed by atoms with Crippen LogP contribution in [0.15, 0.2) is 42.5 Å². The van der Waals surface area contributed by atoms with Gasteiger partial charge < -0.3 is 24.2 Å². The minimum absolute atomic E-state index is 0.0444. The second-order valence-corrected chi connectivity index (χ2v) is 8.77. The molecule has 0 bridgehead atoms. The highest BCUT2D eigenvalue weighted by Crippen LogP contribution is 2.29. The van der Waals surface area contributed by atoms with Gasteiger partial charge in [-0.1, -0.05) is 24.3 Å². The van der Waals surface area contributed by atoms with Crippen LogP contribution in [0.2, 0.25) is 0 Å². The molecule has 1 unspecified atom stereocenters. The van der Waals surface area contributed by atoms with E-state index in [4.69, 9.17) is 14.2 Å². The maximum atomic E-state index is 13.1. The van der Waals surface area contributed by atoms with Gasteiger partial charge in [0.1, 0.15) is 24.2 Å². The molecule has 3 aliphatic rings. The third kappa shape index (κ3) is 4.75. The maximum absolute atomic E-state index is 13.1. The van der Waals surface area contributed by atoms with Crippen molar-refractivity contribution in [2.24, 2.45) is 0 Å². The summed E-state index contributed by atoms with van der Waals surface area (Å²) in [6, 6.07) is 13.8. The van der Waals surface area contributed by atoms with Crippen LogP contribution in [0.5, 0.6) is 11.5 Å². The van der Waals surface area contributed by atoms with Gasteiger partial charge in [-0.05, 0) is 29.7 Å². The van der Waals surface area contributed by atoms with Crippen molar-refractivity contribution in [3.8, 4) is 11.5 Å². The SMILES string of the molecule is O=C1c2ccc(O[C@H]3CCOC3)cc2OCCN1CC(O)CN1CCc2ccccc2C1. The van der Waals surface area contributed by atoms with Gasteiger partial charge in [0, 0.05) is 38.7 Å². The van der Waals surface area contributed by atoms with Crippen molar-refractivity contribution in [2.45, 2.75) is 31.6 Å². The Balaban J connectivity index is 1.20. The first kappa shape index (κ1) is 21.2. The summed E-state index contributed by atoms with van der Waals surface area (Å²) >= 11 is 0. The molecule has 0 radical (unpaired) electrons. The molecule has 3 heterocycles. The van der Waals surface area contributed by atoms with Crippen LogP contribution in [0.25, 0.3) is 0 Å². The van der Waals surface area contributed by atoms with E-state index in [1.807, 2.05) is 6.07 Å². The molecule has 2 aromatic carbocycles. The minimum atomic E-state index is -0.615. The number of nitrogens with zero attached hydrogens (tertiary/aromatic N) is 2. The molecule has 5 rings (SSSR count). The van der Waals surface area contributed by atoms with Crippen molar-refractivity contribution in [3.63, 3.8) is 0 Å². The zero-order valence-electron chi connectivity index (χ0n) is 18.2. The molecule has 7 nitrogen and oxygen atoms in total. The van der Waals surface area contributed by atoms with Gasteiger partial charge in [0.15, 0.2) is 0 Å². The van der Waals surface area contributed by atoms with Crippen LogP contribution in [-0.2, 0) is 17.7 Å². The lowest BCUT2D eigenvalue weighted by Crippen LogP contribution is -2.44. The van der Waals surface area contributed by atoms with Crippen LogP contribution in [0, 0.1) is 0 Å². The van der Waals surface area contributed by atoms with Crippen molar-refractivity contribution in [1.29, 1.82) is 0 Å². The molecule has 0 saturated carbocycles. The van der Waals surface area contributed by atoms with E-state index in [1.54, 1.807) is 17.0 Å². The van der Waals surface area contributed by atoms with Crippen molar-refractivity contribution >= 4 is 5.91 Å². The number of β-amino-alcohol motifs (C(OH)–C–C–N with tert-alkyl or cyclic N) is 1. The molecule has 7 heteroatoms. The Morgan fingerprint density at radius 2 is 1.97 bits per heavy atom. The molecule has 1 fully saturated rings. The number of carbonyl (C=O) groups excluding carboxylic acids is 1. The summed E-state index contributed by atoms with van der Waals surface area (Å²) in [4.78, 5) is 17.1. The van der Waals surface area contributed by atoms with E-state index in [1.165, 1.54) is 11.1 Å². The van der Waals surface area contributed by atoms with Gasteiger partial charge in [-0.15, -0.1) is 0 Å². The number of carbonyl (C=O) groups is 1. The average Bonchev–Trinajstić information content (AvgIpc) is 3.26. The summed E-state index contributed by atoms with van der Waals surface area (Å²) in [7, 11) is 0. The number of hydrogen-bond acceptors (Lipinski definition) is 6. The van der Waals surface area contributed by atoms with Crippen LogP contribution in [-0.4, -0.2) is 79.0 Å². The molecular formula is C25H30N2O5. The maximum Gasteiger partial charge on any atom is 0.257 e. The summed E-state index contributed by atoms with van der Waals surface area (Å²) in [6.45, 7) is 4.72. The summed E-state index contributed by atoms with van der Waals surface area (Å²) in [6.07, 6.45) is 1.29. The molecule has 1 saturated heterocycles. The van der Waals surface area contributed by atoms with Crippen molar-refractivity contribution in [3.05, 3.63) is 59.2 Å². The molecule has 3 aliphatic heterocycles. The highest BCUT2D eigenvalue weighted by Gasteiger charge is 2.27. The molecule has 1 amide bonds. The van der Waals surface area contributed by atoms with Gasteiger partial charge in [0.2, 0.25) is 0 Å². The van der Waals surface area contributed by atoms with E-state index < -0.39 is 6.10 Å². The Bertz CT molecular complexity index is 959. The molecule has 2 aromatic rings. The monoisotopic (exact) mass is 438 g/mol. The van der Waals surface area contributed by atoms with Crippen molar-refractivity contribution in [1.82, 2.24) is 9.80 Å². The van der Waals surface area contributed by atoms with Gasteiger partial charge in [-0.25, -0.2) is 0 Å². The van der Waals surface area contributed by atoms with Gasteiger partial charge in [-0.3, -0.25) is 9.69 Å². The summed E-state index contributed by atoms with van der Waals surface area (Å²) in [5.74, 6) is 1.11. The topological polar surface area (TPSA) is 71.5 Å². The van der Waals surface area contributed by atoms with Crippen molar-refractivity contribution in [2.75, 3.05) is 46.0 Å². The van der Waals surface area contributed by atoms with Crippen LogP contribution in [0.3, 0.4) is 0 Å². The summed E-state index contributed by atoms with van der Waals surface area (Å²) < 4.78 is 17.2. The third-order valence-electron chi connectivity index (χ3n) is 6.39. The van der Waals surface area contributed by atoms with Crippen LogP contribution < -0.4 is 9.47 Å². The fourth-order valence-corrected chi connectivity index (χ4v) is 4.70. The number of hydrogen-bond donors (Lipinski definition) is 1. The van der Waals surface area contributed by atoms with Gasteiger partial charge in [-0.2, -0.15) is 0 Å². The lowest BCUT2D eigenvalue weighted by atomic mass is 10.00. The number of aliphatic hydroxyl groups is 1. The molecule has 0 spiro atoms. The van der Waals surface area contributed by atoms with Crippen LogP contribution in [0.4, 0.5) is 0 Å². The van der Waals surface area contributed by atoms with Crippen LogP contribution in [0.1, 0.15) is 27.9 Å². The predicted molar refractivity (Wildman–Crippen MR) is 119 cm³/mol. The van der Waals surface area contributed by atoms with Gasteiger partial charge >= 0.3 is 0 Å². The molecule has 0 aliphatic carbocycles. The summed E-state index contributed by atoms with van der Waals surface area (Å²) in [5, 5.41) is 10.8. The van der Waals surface area contributed by atoms with E-state index >= 15 is 0 Å². The Hall–Kier alpha value is -2.61. The first-order chi connectivity index (χ1) is 15.7. The molecule has 1 N–H and O–H groups in total. The Morgan fingerprint density at radius 1 is 1.09 bits per heavy atom. The van der Waals surface area contributed by atoms with E-state index in [-0.39, 0.29) is 18.6 Å². The van der Waals surface area contributed by atoms with E-state index in [9.17, 15) is 9.90 Å². The van der Waals surface area contributed by atoms with E-state index in [0.29, 0.717) is 50.0 Å². The van der Waals surface area contributed by atoms with E-state index in [2.05, 4.69) is 29.2 Å². The third-order valence-corrected chi connectivity index (χ3v) is 6.39. The highest BCUT2D eigenvalue weighted by molar-refractivity contribution is 5.97. The normalized spacial score (nSPS) is 22.0. The fourth-order valence-electron chi connectivity index (χ4n) is 4.70. The number of benzene rings is 2. The first-order valence-corrected chi connectivity index (χ1v) is 11.4. The smallest absolute Gasteiger partial charge is 0.257 e. The molecular weight excluding hydrogens is 408 g/mol. The first-order valence-electron chi connectivity index (χ1n) is 11.4.